The number of amides is 1. The molecule has 3 aromatic rings. The number of H-pyrrole nitrogens is 1. The van der Waals surface area contributed by atoms with E-state index in [1.807, 2.05) is 12.3 Å². The fraction of sp³-hybridized carbons (Fsp3) is 0.333. The molecular formula is C21H21F3N4O2. The average molecular weight is 418 g/mol. The van der Waals surface area contributed by atoms with Gasteiger partial charge in [-0.25, -0.2) is 4.98 Å². The first-order valence-corrected chi connectivity index (χ1v) is 9.62. The van der Waals surface area contributed by atoms with Gasteiger partial charge in [-0.15, -0.1) is 13.2 Å². The molecule has 4 rings (SSSR count). The van der Waals surface area contributed by atoms with E-state index in [0.29, 0.717) is 11.7 Å². The molecule has 3 heterocycles. The summed E-state index contributed by atoms with van der Waals surface area (Å²) < 4.78 is 40.6. The molecule has 1 aliphatic heterocycles. The molecule has 0 radical (unpaired) electrons. The Labute approximate surface area is 171 Å². The zero-order valence-corrected chi connectivity index (χ0v) is 16.3. The summed E-state index contributed by atoms with van der Waals surface area (Å²) in [5.41, 5.74) is 3.07. The van der Waals surface area contributed by atoms with Crippen LogP contribution in [0.25, 0.3) is 11.0 Å². The number of pyridine rings is 1. The number of halogens is 3. The smallest absolute Gasteiger partial charge is 0.406 e. The number of nitrogens with zero attached hydrogens (tertiary/aromatic N) is 2. The summed E-state index contributed by atoms with van der Waals surface area (Å²) in [5, 5.41) is 2.71. The van der Waals surface area contributed by atoms with Crippen molar-refractivity contribution in [2.45, 2.75) is 25.1 Å². The Hall–Kier alpha value is -3.07. The van der Waals surface area contributed by atoms with Gasteiger partial charge in [0, 0.05) is 11.8 Å². The average Bonchev–Trinajstić information content (AvgIpc) is 3.11. The molecule has 30 heavy (non-hydrogen) atoms. The lowest BCUT2D eigenvalue weighted by atomic mass is 9.91. The van der Waals surface area contributed by atoms with Crippen LogP contribution in [-0.4, -0.2) is 47.3 Å². The van der Waals surface area contributed by atoms with E-state index in [0.717, 1.165) is 54.7 Å². The van der Waals surface area contributed by atoms with Gasteiger partial charge in [-0.2, -0.15) is 0 Å². The molecule has 0 aliphatic carbocycles. The van der Waals surface area contributed by atoms with Gasteiger partial charge in [0.15, 0.2) is 0 Å². The maximum absolute atomic E-state index is 12.5. The fourth-order valence-corrected chi connectivity index (χ4v) is 3.72. The van der Waals surface area contributed by atoms with Crippen molar-refractivity contribution in [3.63, 3.8) is 0 Å². The van der Waals surface area contributed by atoms with Gasteiger partial charge in [0.2, 0.25) is 0 Å². The Bertz CT molecular complexity index is 1040. The lowest BCUT2D eigenvalue weighted by Gasteiger charge is -2.28. The molecule has 0 atom stereocenters. The summed E-state index contributed by atoms with van der Waals surface area (Å²) in [6, 6.07) is 8.30. The first-order chi connectivity index (χ1) is 14.3. The van der Waals surface area contributed by atoms with E-state index in [9.17, 15) is 18.0 Å². The van der Waals surface area contributed by atoms with Gasteiger partial charge in [0.25, 0.3) is 5.91 Å². The van der Waals surface area contributed by atoms with E-state index in [-0.39, 0.29) is 11.3 Å². The Morgan fingerprint density at radius 2 is 1.87 bits per heavy atom. The van der Waals surface area contributed by atoms with Gasteiger partial charge in [0.05, 0.1) is 11.0 Å². The maximum atomic E-state index is 12.5. The van der Waals surface area contributed by atoms with Crippen LogP contribution >= 0.6 is 0 Å². The molecule has 1 amide bonds. The molecule has 2 N–H and O–H groups in total. The molecule has 6 nitrogen and oxygen atoms in total. The van der Waals surface area contributed by atoms with Crippen LogP contribution in [0.3, 0.4) is 0 Å². The van der Waals surface area contributed by atoms with Crippen molar-refractivity contribution >= 4 is 22.8 Å². The van der Waals surface area contributed by atoms with Crippen LogP contribution in [0.4, 0.5) is 19.0 Å². The summed E-state index contributed by atoms with van der Waals surface area (Å²) >= 11 is 0. The molecule has 1 aromatic carbocycles. The number of hydrogen-bond donors (Lipinski definition) is 2. The number of alkyl halides is 3. The fourth-order valence-electron chi connectivity index (χ4n) is 3.72. The van der Waals surface area contributed by atoms with E-state index in [2.05, 4.69) is 32.0 Å². The number of aromatic nitrogens is 2. The van der Waals surface area contributed by atoms with Crippen LogP contribution in [0.5, 0.6) is 5.75 Å². The molecular weight excluding hydrogens is 397 g/mol. The molecule has 0 unspecified atom stereocenters. The summed E-state index contributed by atoms with van der Waals surface area (Å²) in [7, 11) is 2.11. The van der Waals surface area contributed by atoms with Gasteiger partial charge in [-0.05, 0) is 80.9 Å². The normalized spacial score (nSPS) is 16.0. The Morgan fingerprint density at radius 1 is 1.17 bits per heavy atom. The number of piperidine rings is 1. The van der Waals surface area contributed by atoms with E-state index in [1.165, 1.54) is 12.1 Å². The number of benzene rings is 1. The second-order valence-corrected chi connectivity index (χ2v) is 7.44. The molecule has 1 aliphatic rings. The number of carbonyl (C=O) groups excluding carboxylic acids is 1. The maximum Gasteiger partial charge on any atom is 0.573 e. The number of anilines is 1. The van der Waals surface area contributed by atoms with Crippen LogP contribution < -0.4 is 10.1 Å². The number of aromatic amines is 1. The number of hydrogen-bond acceptors (Lipinski definition) is 4. The molecule has 2 aromatic heterocycles. The van der Waals surface area contributed by atoms with Gasteiger partial charge < -0.3 is 19.9 Å². The van der Waals surface area contributed by atoms with Crippen molar-refractivity contribution in [2.75, 3.05) is 25.5 Å². The Kier molecular flexibility index (Phi) is 5.38. The highest BCUT2D eigenvalue weighted by molar-refractivity contribution is 6.04. The summed E-state index contributed by atoms with van der Waals surface area (Å²) in [6.07, 6.45) is -0.689. The van der Waals surface area contributed by atoms with Crippen LogP contribution in [0.2, 0.25) is 0 Å². The standard InChI is InChI=1S/C21H21F3N4O2/c1-28-10-8-13(9-11-28)16-12-25-17-6-7-18(26-19(16)17)27-20(29)14-2-4-15(5-3-14)30-21(22,23)24/h2-7,12-13,25H,8-11H2,1H3,(H,26,27,29). The predicted molar refractivity (Wildman–Crippen MR) is 107 cm³/mol. The van der Waals surface area contributed by atoms with E-state index in [4.69, 9.17) is 0 Å². The van der Waals surface area contributed by atoms with E-state index in [1.54, 1.807) is 6.07 Å². The van der Waals surface area contributed by atoms with Gasteiger partial charge in [0.1, 0.15) is 11.6 Å². The van der Waals surface area contributed by atoms with Crippen LogP contribution in [0.15, 0.2) is 42.6 Å². The summed E-state index contributed by atoms with van der Waals surface area (Å²) in [4.78, 5) is 22.6. The zero-order chi connectivity index (χ0) is 21.3. The Morgan fingerprint density at radius 3 is 2.53 bits per heavy atom. The zero-order valence-electron chi connectivity index (χ0n) is 16.3. The van der Waals surface area contributed by atoms with Gasteiger partial charge in [-0.1, -0.05) is 0 Å². The molecule has 158 valence electrons. The molecule has 9 heteroatoms. The molecule has 1 saturated heterocycles. The number of carbonyl (C=O) groups is 1. The van der Waals surface area contributed by atoms with Crippen molar-refractivity contribution in [3.05, 3.63) is 53.7 Å². The quantitative estimate of drug-likeness (QED) is 0.654. The second kappa shape index (κ2) is 7.98. The van der Waals surface area contributed by atoms with Crippen LogP contribution in [-0.2, 0) is 0 Å². The van der Waals surface area contributed by atoms with Crippen molar-refractivity contribution in [1.29, 1.82) is 0 Å². The monoisotopic (exact) mass is 418 g/mol. The van der Waals surface area contributed by atoms with Crippen LogP contribution in [0.1, 0.15) is 34.7 Å². The minimum absolute atomic E-state index is 0.205. The number of likely N-dealkylation sites (tertiary alicyclic amines) is 1. The van der Waals surface area contributed by atoms with Gasteiger partial charge in [-0.3, -0.25) is 4.79 Å². The summed E-state index contributed by atoms with van der Waals surface area (Å²) in [6.45, 7) is 2.06. The van der Waals surface area contributed by atoms with Crippen LogP contribution in [0, 0.1) is 0 Å². The predicted octanol–water partition coefficient (Wildman–Crippen LogP) is 4.52. The number of nitrogens with one attached hydrogen (secondary N) is 2. The lowest BCUT2D eigenvalue weighted by Crippen LogP contribution is -2.29. The third kappa shape index (κ3) is 4.56. The van der Waals surface area contributed by atoms with Gasteiger partial charge >= 0.3 is 6.36 Å². The first-order valence-electron chi connectivity index (χ1n) is 9.62. The molecule has 0 bridgehead atoms. The topological polar surface area (TPSA) is 70.2 Å². The van der Waals surface area contributed by atoms with E-state index < -0.39 is 12.3 Å². The molecule has 0 spiro atoms. The molecule has 1 fully saturated rings. The Balaban J connectivity index is 1.49. The van der Waals surface area contributed by atoms with Crippen molar-refractivity contribution in [2.24, 2.45) is 0 Å². The van der Waals surface area contributed by atoms with Crippen molar-refractivity contribution in [1.82, 2.24) is 14.9 Å². The largest absolute Gasteiger partial charge is 0.573 e. The lowest BCUT2D eigenvalue weighted by molar-refractivity contribution is -0.274. The first kappa shape index (κ1) is 20.2. The highest BCUT2D eigenvalue weighted by atomic mass is 19.4. The third-order valence-electron chi connectivity index (χ3n) is 5.30. The minimum atomic E-state index is -4.77. The number of rotatable bonds is 4. The SMILES string of the molecule is CN1CCC(c2c[nH]c3ccc(NC(=O)c4ccc(OC(F)(F)F)cc4)nc23)CC1. The third-order valence-corrected chi connectivity index (χ3v) is 5.30. The molecule has 0 saturated carbocycles. The number of fused-ring (bicyclic) bond motifs is 1. The number of ether oxygens (including phenoxy) is 1. The van der Waals surface area contributed by atoms with Crippen molar-refractivity contribution < 1.29 is 22.7 Å². The van der Waals surface area contributed by atoms with E-state index >= 15 is 0 Å². The highest BCUT2D eigenvalue weighted by Crippen LogP contribution is 2.32. The highest BCUT2D eigenvalue weighted by Gasteiger charge is 2.31. The second-order valence-electron chi connectivity index (χ2n) is 7.44. The van der Waals surface area contributed by atoms with Crippen molar-refractivity contribution in [3.8, 4) is 5.75 Å². The summed E-state index contributed by atoms with van der Waals surface area (Å²) in [5.74, 6) is -0.0445. The minimum Gasteiger partial charge on any atom is -0.406 e.